The van der Waals surface area contributed by atoms with Gasteiger partial charge in [-0.1, -0.05) is 0 Å². The van der Waals surface area contributed by atoms with Crippen LogP contribution in [0, 0.1) is 12.7 Å². The van der Waals surface area contributed by atoms with E-state index in [1.165, 1.54) is 12.1 Å². The van der Waals surface area contributed by atoms with Crippen molar-refractivity contribution < 1.29 is 13.9 Å². The van der Waals surface area contributed by atoms with Crippen LogP contribution in [-0.4, -0.2) is 14.2 Å². The number of rotatable bonds is 4. The third-order valence-electron chi connectivity index (χ3n) is 2.19. The molecule has 0 saturated carbocycles. The lowest BCUT2D eigenvalue weighted by molar-refractivity contribution is 0.178. The Morgan fingerprint density at radius 1 is 1.07 bits per heavy atom. The van der Waals surface area contributed by atoms with Crippen LogP contribution in [0.4, 0.5) is 4.39 Å². The van der Waals surface area contributed by atoms with Gasteiger partial charge in [-0.25, -0.2) is 4.39 Å². The Balaban J connectivity index is 3.04. The predicted molar refractivity (Wildman–Crippen MR) is 52.6 cm³/mol. The van der Waals surface area contributed by atoms with Gasteiger partial charge in [-0.2, -0.15) is 0 Å². The van der Waals surface area contributed by atoms with E-state index in [4.69, 9.17) is 9.47 Å². The van der Waals surface area contributed by atoms with Gasteiger partial charge in [-0.05, 0) is 35.7 Å². The number of hydrogen-bond donors (Lipinski definition) is 0. The summed E-state index contributed by atoms with van der Waals surface area (Å²) in [6, 6.07) is 3.00. The molecule has 0 fully saturated rings. The highest BCUT2D eigenvalue weighted by atomic mass is 19.1. The number of ether oxygens (including phenoxy) is 2. The SMILES string of the molecule is COCc1cc(F)cc(COC)c1C. The summed E-state index contributed by atoms with van der Waals surface area (Å²) in [7, 11) is 3.20. The molecule has 0 aliphatic carbocycles. The van der Waals surface area contributed by atoms with Crippen LogP contribution in [0.3, 0.4) is 0 Å². The third-order valence-corrected chi connectivity index (χ3v) is 2.19. The summed E-state index contributed by atoms with van der Waals surface area (Å²) in [5.41, 5.74) is 2.79. The van der Waals surface area contributed by atoms with Crippen molar-refractivity contribution in [1.82, 2.24) is 0 Å². The molecule has 0 aliphatic heterocycles. The Hall–Kier alpha value is -0.930. The van der Waals surface area contributed by atoms with Gasteiger partial charge in [0, 0.05) is 14.2 Å². The minimum atomic E-state index is -0.241. The molecule has 3 heteroatoms. The number of methoxy groups -OCH3 is 2. The van der Waals surface area contributed by atoms with Gasteiger partial charge >= 0.3 is 0 Å². The lowest BCUT2D eigenvalue weighted by Crippen LogP contribution is -2.00. The first-order valence-corrected chi connectivity index (χ1v) is 4.44. The number of halogens is 1. The zero-order valence-electron chi connectivity index (χ0n) is 8.76. The molecule has 0 aliphatic rings. The van der Waals surface area contributed by atoms with Crippen LogP contribution in [0.25, 0.3) is 0 Å². The largest absolute Gasteiger partial charge is 0.380 e. The minimum absolute atomic E-state index is 0.241. The van der Waals surface area contributed by atoms with Crippen molar-refractivity contribution in [3.05, 3.63) is 34.6 Å². The van der Waals surface area contributed by atoms with E-state index in [0.29, 0.717) is 13.2 Å². The Bertz CT molecular complexity index is 283. The zero-order chi connectivity index (χ0) is 10.6. The molecular weight excluding hydrogens is 183 g/mol. The first-order chi connectivity index (χ1) is 6.69. The molecule has 1 aromatic carbocycles. The molecule has 0 aromatic heterocycles. The maximum atomic E-state index is 13.1. The Morgan fingerprint density at radius 2 is 1.50 bits per heavy atom. The van der Waals surface area contributed by atoms with E-state index in [1.807, 2.05) is 6.92 Å². The molecule has 0 bridgehead atoms. The lowest BCUT2D eigenvalue weighted by Gasteiger charge is -2.10. The molecule has 0 N–H and O–H groups in total. The van der Waals surface area contributed by atoms with Gasteiger partial charge < -0.3 is 9.47 Å². The molecule has 78 valence electrons. The van der Waals surface area contributed by atoms with Crippen LogP contribution in [0.5, 0.6) is 0 Å². The summed E-state index contributed by atoms with van der Waals surface area (Å²) < 4.78 is 23.1. The summed E-state index contributed by atoms with van der Waals surface area (Å²) in [4.78, 5) is 0. The van der Waals surface area contributed by atoms with E-state index in [-0.39, 0.29) is 5.82 Å². The summed E-state index contributed by atoms with van der Waals surface area (Å²) in [6.07, 6.45) is 0. The molecule has 1 aromatic rings. The van der Waals surface area contributed by atoms with Gasteiger partial charge in [0.05, 0.1) is 13.2 Å². The van der Waals surface area contributed by atoms with E-state index >= 15 is 0 Å². The van der Waals surface area contributed by atoms with Gasteiger partial charge in [-0.15, -0.1) is 0 Å². The number of hydrogen-bond acceptors (Lipinski definition) is 2. The maximum Gasteiger partial charge on any atom is 0.123 e. The van der Waals surface area contributed by atoms with Gasteiger partial charge in [0.1, 0.15) is 5.82 Å². The van der Waals surface area contributed by atoms with Crippen molar-refractivity contribution in [3.63, 3.8) is 0 Å². The second-order valence-electron chi connectivity index (χ2n) is 3.22. The molecule has 0 unspecified atom stereocenters. The molecule has 0 spiro atoms. The second kappa shape index (κ2) is 5.08. The van der Waals surface area contributed by atoms with Crippen molar-refractivity contribution in [3.8, 4) is 0 Å². The van der Waals surface area contributed by atoms with Crippen LogP contribution in [0.15, 0.2) is 12.1 Å². The van der Waals surface area contributed by atoms with Crippen LogP contribution in [0.2, 0.25) is 0 Å². The average molecular weight is 198 g/mol. The lowest BCUT2D eigenvalue weighted by atomic mass is 10.0. The highest BCUT2D eigenvalue weighted by molar-refractivity contribution is 5.34. The Labute approximate surface area is 83.6 Å². The summed E-state index contributed by atoms with van der Waals surface area (Å²) in [6.45, 7) is 2.81. The molecule has 0 saturated heterocycles. The van der Waals surface area contributed by atoms with E-state index < -0.39 is 0 Å². The van der Waals surface area contributed by atoms with E-state index in [1.54, 1.807) is 14.2 Å². The standard InChI is InChI=1S/C11H15FO2/c1-8-9(6-13-2)4-11(12)5-10(8)7-14-3/h4-5H,6-7H2,1-3H3. The van der Waals surface area contributed by atoms with Crippen molar-refractivity contribution in [1.29, 1.82) is 0 Å². The van der Waals surface area contributed by atoms with Gasteiger partial charge in [0.15, 0.2) is 0 Å². The third kappa shape index (κ3) is 2.53. The highest BCUT2D eigenvalue weighted by Crippen LogP contribution is 2.17. The van der Waals surface area contributed by atoms with E-state index in [9.17, 15) is 4.39 Å². The van der Waals surface area contributed by atoms with Crippen molar-refractivity contribution in [2.45, 2.75) is 20.1 Å². The van der Waals surface area contributed by atoms with Crippen LogP contribution < -0.4 is 0 Å². The van der Waals surface area contributed by atoms with E-state index in [2.05, 4.69) is 0 Å². The van der Waals surface area contributed by atoms with Gasteiger partial charge in [-0.3, -0.25) is 0 Å². The van der Waals surface area contributed by atoms with Crippen molar-refractivity contribution in [2.75, 3.05) is 14.2 Å². The molecule has 14 heavy (non-hydrogen) atoms. The van der Waals surface area contributed by atoms with Crippen LogP contribution in [-0.2, 0) is 22.7 Å². The maximum absolute atomic E-state index is 13.1. The zero-order valence-corrected chi connectivity index (χ0v) is 8.76. The molecular formula is C11H15FO2. The van der Waals surface area contributed by atoms with Crippen molar-refractivity contribution >= 4 is 0 Å². The topological polar surface area (TPSA) is 18.5 Å². The second-order valence-corrected chi connectivity index (χ2v) is 3.22. The molecule has 0 amide bonds. The molecule has 0 heterocycles. The highest BCUT2D eigenvalue weighted by Gasteiger charge is 2.06. The fourth-order valence-corrected chi connectivity index (χ4v) is 1.41. The Kier molecular flexibility index (Phi) is 4.04. The van der Waals surface area contributed by atoms with Crippen molar-refractivity contribution in [2.24, 2.45) is 0 Å². The first kappa shape index (κ1) is 11.1. The van der Waals surface area contributed by atoms with E-state index in [0.717, 1.165) is 16.7 Å². The summed E-state index contributed by atoms with van der Waals surface area (Å²) in [5.74, 6) is -0.241. The fraction of sp³-hybridized carbons (Fsp3) is 0.455. The smallest absolute Gasteiger partial charge is 0.123 e. The average Bonchev–Trinajstić information content (AvgIpc) is 2.14. The Morgan fingerprint density at radius 3 is 1.86 bits per heavy atom. The molecule has 0 atom stereocenters. The van der Waals surface area contributed by atoms with Gasteiger partial charge in [0.25, 0.3) is 0 Å². The van der Waals surface area contributed by atoms with Gasteiger partial charge in [0.2, 0.25) is 0 Å². The molecule has 0 radical (unpaired) electrons. The first-order valence-electron chi connectivity index (χ1n) is 4.44. The summed E-state index contributed by atoms with van der Waals surface area (Å²) >= 11 is 0. The molecule has 2 nitrogen and oxygen atoms in total. The normalized spacial score (nSPS) is 10.6. The quantitative estimate of drug-likeness (QED) is 0.739. The monoisotopic (exact) mass is 198 g/mol. The van der Waals surface area contributed by atoms with Crippen LogP contribution >= 0.6 is 0 Å². The van der Waals surface area contributed by atoms with Crippen LogP contribution in [0.1, 0.15) is 16.7 Å². The fourth-order valence-electron chi connectivity index (χ4n) is 1.41. The predicted octanol–water partition coefficient (Wildman–Crippen LogP) is 2.43. The number of benzene rings is 1. The molecule has 1 rings (SSSR count). The summed E-state index contributed by atoms with van der Waals surface area (Å²) in [5, 5.41) is 0. The minimum Gasteiger partial charge on any atom is -0.380 e.